The Bertz CT molecular complexity index is 1350. The molecule has 10 heteroatoms. The van der Waals surface area contributed by atoms with E-state index in [-0.39, 0.29) is 12.5 Å². The van der Waals surface area contributed by atoms with Crippen LogP contribution in [0.3, 0.4) is 0 Å². The van der Waals surface area contributed by atoms with Gasteiger partial charge in [0.1, 0.15) is 29.6 Å². The van der Waals surface area contributed by atoms with E-state index in [0.29, 0.717) is 49.7 Å². The van der Waals surface area contributed by atoms with Gasteiger partial charge in [-0.05, 0) is 73.2 Å². The van der Waals surface area contributed by atoms with E-state index in [1.54, 1.807) is 49.6 Å². The van der Waals surface area contributed by atoms with Crippen molar-refractivity contribution in [1.29, 1.82) is 0 Å². The number of carbonyl (C=O) groups is 1. The number of methoxy groups -OCH3 is 1. The summed E-state index contributed by atoms with van der Waals surface area (Å²) in [6, 6.07) is 15.7. The molecule has 4 rings (SSSR count). The first-order chi connectivity index (χ1) is 17.3. The molecule has 3 aromatic carbocycles. The van der Waals surface area contributed by atoms with Crippen LogP contribution in [0.15, 0.2) is 60.3 Å². The van der Waals surface area contributed by atoms with Crippen molar-refractivity contribution in [3.05, 3.63) is 86.5 Å². The largest absolute Gasteiger partial charge is 0.496 e. The molecule has 1 saturated heterocycles. The number of amides is 1. The molecule has 1 fully saturated rings. The molecular weight excluding hydrogens is 543 g/mol. The minimum Gasteiger partial charge on any atom is -0.496 e. The number of nitrogens with zero attached hydrogens (tertiary/aromatic N) is 1. The lowest BCUT2D eigenvalue weighted by Crippen LogP contribution is -2.30. The van der Waals surface area contributed by atoms with Crippen LogP contribution in [-0.4, -0.2) is 24.7 Å². The molecular formula is C26H21Cl3N2O4S. The standard InChI is InChI=1S/C26H21Cl3N2O4S/c1-3-34-18-7-5-17(6-8-18)31-25(32)22(30-26(31)36)11-15-4-9-23(33-2)16(10-15)14-35-24-13-20(28)19(27)12-21(24)29/h4-13H,3,14H2,1-2H3,(H,30,36)/b22-11+. The topological polar surface area (TPSA) is 60.0 Å². The van der Waals surface area contributed by atoms with Gasteiger partial charge in [-0.25, -0.2) is 0 Å². The molecule has 1 amide bonds. The first-order valence-electron chi connectivity index (χ1n) is 10.8. The summed E-state index contributed by atoms with van der Waals surface area (Å²) in [5.41, 5.74) is 2.48. The molecule has 1 aliphatic rings. The highest BCUT2D eigenvalue weighted by atomic mass is 35.5. The van der Waals surface area contributed by atoms with E-state index >= 15 is 0 Å². The fourth-order valence-electron chi connectivity index (χ4n) is 3.57. The molecule has 1 N–H and O–H groups in total. The van der Waals surface area contributed by atoms with Crippen molar-refractivity contribution in [2.75, 3.05) is 18.6 Å². The third-order valence-electron chi connectivity index (χ3n) is 5.26. The zero-order valence-corrected chi connectivity index (χ0v) is 22.4. The minimum atomic E-state index is -0.264. The Morgan fingerprint density at radius 2 is 1.67 bits per heavy atom. The van der Waals surface area contributed by atoms with Crippen molar-refractivity contribution in [2.24, 2.45) is 0 Å². The number of hydrogen-bond donors (Lipinski definition) is 1. The molecule has 1 heterocycles. The van der Waals surface area contributed by atoms with Gasteiger partial charge in [0.25, 0.3) is 5.91 Å². The number of carbonyl (C=O) groups excluding carboxylic acids is 1. The summed E-state index contributed by atoms with van der Waals surface area (Å²) >= 11 is 23.7. The van der Waals surface area contributed by atoms with E-state index in [1.807, 2.05) is 19.1 Å². The maximum Gasteiger partial charge on any atom is 0.281 e. The van der Waals surface area contributed by atoms with Crippen LogP contribution in [0.4, 0.5) is 5.69 Å². The van der Waals surface area contributed by atoms with Crippen LogP contribution < -0.4 is 24.4 Å². The van der Waals surface area contributed by atoms with Gasteiger partial charge in [0.05, 0.1) is 34.5 Å². The second kappa shape index (κ2) is 11.4. The third kappa shape index (κ3) is 5.71. The van der Waals surface area contributed by atoms with Crippen LogP contribution in [0.25, 0.3) is 6.08 Å². The van der Waals surface area contributed by atoms with Gasteiger partial charge in [0, 0.05) is 11.6 Å². The van der Waals surface area contributed by atoms with E-state index in [0.717, 1.165) is 16.9 Å². The molecule has 1 aliphatic heterocycles. The fourth-order valence-corrected chi connectivity index (χ4v) is 4.46. The Kier molecular flexibility index (Phi) is 8.26. The van der Waals surface area contributed by atoms with E-state index in [2.05, 4.69) is 5.32 Å². The average Bonchev–Trinajstić information content (AvgIpc) is 3.14. The molecule has 6 nitrogen and oxygen atoms in total. The Balaban J connectivity index is 1.55. The molecule has 0 aromatic heterocycles. The lowest BCUT2D eigenvalue weighted by molar-refractivity contribution is -0.113. The van der Waals surface area contributed by atoms with Gasteiger partial charge in [-0.2, -0.15) is 0 Å². The van der Waals surface area contributed by atoms with Crippen molar-refractivity contribution in [2.45, 2.75) is 13.5 Å². The second-order valence-electron chi connectivity index (χ2n) is 7.61. The van der Waals surface area contributed by atoms with Gasteiger partial charge in [0.2, 0.25) is 0 Å². The van der Waals surface area contributed by atoms with Gasteiger partial charge < -0.3 is 19.5 Å². The van der Waals surface area contributed by atoms with Gasteiger partial charge in [0.15, 0.2) is 5.11 Å². The smallest absolute Gasteiger partial charge is 0.281 e. The average molecular weight is 564 g/mol. The zero-order valence-electron chi connectivity index (χ0n) is 19.3. The summed E-state index contributed by atoms with van der Waals surface area (Å²) in [6.07, 6.45) is 1.72. The van der Waals surface area contributed by atoms with E-state index in [9.17, 15) is 4.79 Å². The van der Waals surface area contributed by atoms with Crippen LogP contribution in [-0.2, 0) is 11.4 Å². The van der Waals surface area contributed by atoms with Gasteiger partial charge in [-0.15, -0.1) is 0 Å². The van der Waals surface area contributed by atoms with Gasteiger partial charge in [-0.3, -0.25) is 9.69 Å². The monoisotopic (exact) mass is 562 g/mol. The van der Waals surface area contributed by atoms with Crippen LogP contribution >= 0.6 is 47.0 Å². The Morgan fingerprint density at radius 1 is 0.944 bits per heavy atom. The molecule has 0 spiro atoms. The number of nitrogens with one attached hydrogen (secondary N) is 1. The maximum atomic E-state index is 13.1. The van der Waals surface area contributed by atoms with Crippen LogP contribution in [0.1, 0.15) is 18.1 Å². The summed E-state index contributed by atoms with van der Waals surface area (Å²) in [5, 5.41) is 4.30. The van der Waals surface area contributed by atoms with E-state index in [4.69, 9.17) is 61.2 Å². The number of rotatable bonds is 8. The molecule has 0 saturated carbocycles. The first kappa shape index (κ1) is 26.1. The summed E-state index contributed by atoms with van der Waals surface area (Å²) in [4.78, 5) is 14.6. The van der Waals surface area contributed by atoms with E-state index < -0.39 is 0 Å². The number of benzene rings is 3. The molecule has 186 valence electrons. The number of hydrogen-bond acceptors (Lipinski definition) is 5. The summed E-state index contributed by atoms with van der Waals surface area (Å²) in [5.74, 6) is 1.46. The first-order valence-corrected chi connectivity index (χ1v) is 12.4. The lowest BCUT2D eigenvalue weighted by atomic mass is 10.1. The molecule has 0 unspecified atom stereocenters. The van der Waals surface area contributed by atoms with Crippen molar-refractivity contribution < 1.29 is 19.0 Å². The van der Waals surface area contributed by atoms with Crippen molar-refractivity contribution in [3.8, 4) is 17.2 Å². The molecule has 3 aromatic rings. The Morgan fingerprint density at radius 3 is 2.36 bits per heavy atom. The highest BCUT2D eigenvalue weighted by Crippen LogP contribution is 2.35. The molecule has 0 radical (unpaired) electrons. The maximum absolute atomic E-state index is 13.1. The van der Waals surface area contributed by atoms with Crippen molar-refractivity contribution in [3.63, 3.8) is 0 Å². The highest BCUT2D eigenvalue weighted by molar-refractivity contribution is 7.80. The van der Waals surface area contributed by atoms with Gasteiger partial charge >= 0.3 is 0 Å². The minimum absolute atomic E-state index is 0.149. The summed E-state index contributed by atoms with van der Waals surface area (Å²) < 4.78 is 16.8. The Hall–Kier alpha value is -2.97. The van der Waals surface area contributed by atoms with Gasteiger partial charge in [-0.1, -0.05) is 40.9 Å². The summed E-state index contributed by atoms with van der Waals surface area (Å²) in [7, 11) is 1.57. The van der Waals surface area contributed by atoms with Crippen LogP contribution in [0.2, 0.25) is 15.1 Å². The number of thiocarbonyl (C=S) groups is 1. The Labute approximate surface area is 229 Å². The van der Waals surface area contributed by atoms with Crippen molar-refractivity contribution >= 4 is 69.8 Å². The second-order valence-corrected chi connectivity index (χ2v) is 9.22. The molecule has 0 aliphatic carbocycles. The summed E-state index contributed by atoms with van der Waals surface area (Å²) in [6.45, 7) is 2.62. The van der Waals surface area contributed by atoms with Crippen LogP contribution in [0, 0.1) is 0 Å². The highest BCUT2D eigenvalue weighted by Gasteiger charge is 2.32. The fraction of sp³-hybridized carbons (Fsp3) is 0.154. The number of anilines is 1. The molecule has 36 heavy (non-hydrogen) atoms. The predicted octanol–water partition coefficient (Wildman–Crippen LogP) is 6.90. The lowest BCUT2D eigenvalue weighted by Gasteiger charge is -2.14. The van der Waals surface area contributed by atoms with Crippen LogP contribution in [0.5, 0.6) is 17.2 Å². The van der Waals surface area contributed by atoms with E-state index in [1.165, 1.54) is 11.0 Å². The normalized spacial score (nSPS) is 14.2. The SMILES string of the molecule is CCOc1ccc(N2C(=O)/C(=C\c3ccc(OC)c(COc4cc(Cl)c(Cl)cc4Cl)c3)NC2=S)cc1. The predicted molar refractivity (Wildman–Crippen MR) is 148 cm³/mol. The number of halogens is 3. The third-order valence-corrected chi connectivity index (χ3v) is 6.56. The number of ether oxygens (including phenoxy) is 3. The molecule has 0 atom stereocenters. The quantitative estimate of drug-likeness (QED) is 0.183. The van der Waals surface area contributed by atoms with Crippen molar-refractivity contribution in [1.82, 2.24) is 5.32 Å². The molecule has 0 bridgehead atoms. The zero-order chi connectivity index (χ0) is 25.8.